The molecule has 8 nitrogen and oxygen atoms in total. The molecular formula is C18H21N3O5. The van der Waals surface area contributed by atoms with Gasteiger partial charge in [0.2, 0.25) is 0 Å². The quantitative estimate of drug-likeness (QED) is 0.301. The Morgan fingerprint density at radius 3 is 2.62 bits per heavy atom. The van der Waals surface area contributed by atoms with Crippen LogP contribution < -0.4 is 10.1 Å². The van der Waals surface area contributed by atoms with Crippen LogP contribution in [0.2, 0.25) is 0 Å². The number of nitro groups is 1. The van der Waals surface area contributed by atoms with Gasteiger partial charge in [0.25, 0.3) is 5.69 Å². The fraction of sp³-hybridized carbons (Fsp3) is 0.333. The number of nitrogens with zero attached hydrogens (tertiary/aromatic N) is 2. The van der Waals surface area contributed by atoms with Crippen LogP contribution in [0.15, 0.2) is 42.6 Å². The van der Waals surface area contributed by atoms with Crippen molar-refractivity contribution in [3.05, 3.63) is 58.3 Å². The first-order valence-corrected chi connectivity index (χ1v) is 8.30. The van der Waals surface area contributed by atoms with Crippen molar-refractivity contribution in [2.75, 3.05) is 25.1 Å². The van der Waals surface area contributed by atoms with Crippen LogP contribution in [0.4, 0.5) is 11.5 Å². The molecule has 1 aromatic carbocycles. The number of ether oxygens (including phenoxy) is 2. The van der Waals surface area contributed by atoms with Crippen LogP contribution in [-0.2, 0) is 16.0 Å². The zero-order chi connectivity index (χ0) is 18.8. The normalized spacial score (nSPS) is 10.2. The molecule has 0 bridgehead atoms. The largest absolute Gasteiger partial charge is 0.494 e. The van der Waals surface area contributed by atoms with E-state index in [1.54, 1.807) is 0 Å². The van der Waals surface area contributed by atoms with Crippen LogP contribution in [-0.4, -0.2) is 35.6 Å². The lowest BCUT2D eigenvalue weighted by molar-refractivity contribution is -0.385. The van der Waals surface area contributed by atoms with Gasteiger partial charge in [0.15, 0.2) is 0 Å². The number of hydrogen-bond donors (Lipinski definition) is 1. The number of carbonyl (C=O) groups is 1. The molecule has 0 aliphatic rings. The van der Waals surface area contributed by atoms with E-state index < -0.39 is 4.92 Å². The lowest BCUT2D eigenvalue weighted by Gasteiger charge is -2.07. The number of pyridine rings is 1. The first-order valence-electron chi connectivity index (χ1n) is 8.30. The Balaban J connectivity index is 1.63. The number of benzene rings is 1. The third-order valence-electron chi connectivity index (χ3n) is 3.43. The number of hydrogen-bond acceptors (Lipinski definition) is 7. The molecule has 0 radical (unpaired) electrons. The van der Waals surface area contributed by atoms with E-state index in [2.05, 4.69) is 10.3 Å². The summed E-state index contributed by atoms with van der Waals surface area (Å²) < 4.78 is 10.5. The molecule has 0 spiro atoms. The first-order chi connectivity index (χ1) is 12.6. The third kappa shape index (κ3) is 6.39. The zero-order valence-corrected chi connectivity index (χ0v) is 14.5. The molecule has 0 saturated heterocycles. The first kappa shape index (κ1) is 19.2. The molecule has 0 amide bonds. The fourth-order valence-corrected chi connectivity index (χ4v) is 2.16. The Bertz CT molecular complexity index is 717. The maximum Gasteiger partial charge on any atom is 0.310 e. The van der Waals surface area contributed by atoms with E-state index >= 15 is 0 Å². The zero-order valence-electron chi connectivity index (χ0n) is 14.5. The van der Waals surface area contributed by atoms with Crippen LogP contribution in [0.25, 0.3) is 0 Å². The van der Waals surface area contributed by atoms with E-state index in [0.29, 0.717) is 25.4 Å². The molecule has 2 aromatic rings. The Hall–Kier alpha value is -3.16. The maximum atomic E-state index is 11.8. The van der Waals surface area contributed by atoms with Crippen LogP contribution in [0.5, 0.6) is 5.75 Å². The predicted molar refractivity (Wildman–Crippen MR) is 96.3 cm³/mol. The maximum absolute atomic E-state index is 11.8. The summed E-state index contributed by atoms with van der Waals surface area (Å²) in [6.45, 7) is 3.35. The topological polar surface area (TPSA) is 104 Å². The van der Waals surface area contributed by atoms with Crippen LogP contribution in [0.1, 0.15) is 18.9 Å². The highest BCUT2D eigenvalue weighted by molar-refractivity contribution is 5.72. The van der Waals surface area contributed by atoms with Gasteiger partial charge in [0.05, 0.1) is 24.6 Å². The smallest absolute Gasteiger partial charge is 0.310 e. The molecular weight excluding hydrogens is 338 g/mol. The highest BCUT2D eigenvalue weighted by Gasteiger charge is 2.06. The molecule has 1 aromatic heterocycles. The van der Waals surface area contributed by atoms with Gasteiger partial charge in [-0.2, -0.15) is 0 Å². The number of rotatable bonds is 10. The van der Waals surface area contributed by atoms with E-state index in [4.69, 9.17) is 9.47 Å². The molecule has 2 rings (SSSR count). The van der Waals surface area contributed by atoms with Crippen molar-refractivity contribution < 1.29 is 19.2 Å². The molecule has 138 valence electrons. The minimum atomic E-state index is -0.499. The average molecular weight is 359 g/mol. The summed E-state index contributed by atoms with van der Waals surface area (Å²) in [4.78, 5) is 25.8. The van der Waals surface area contributed by atoms with Crippen LogP contribution in [0, 0.1) is 10.1 Å². The van der Waals surface area contributed by atoms with Crippen molar-refractivity contribution in [1.29, 1.82) is 0 Å². The number of nitrogens with one attached hydrogen (secondary N) is 1. The van der Waals surface area contributed by atoms with Crippen LogP contribution >= 0.6 is 0 Å². The fourth-order valence-electron chi connectivity index (χ4n) is 2.16. The molecule has 0 atom stereocenters. The van der Waals surface area contributed by atoms with E-state index in [-0.39, 0.29) is 24.7 Å². The van der Waals surface area contributed by atoms with Gasteiger partial charge in [-0.1, -0.05) is 12.1 Å². The molecule has 1 heterocycles. The number of esters is 1. The molecule has 0 unspecified atom stereocenters. The molecule has 8 heteroatoms. The van der Waals surface area contributed by atoms with Gasteiger partial charge in [0, 0.05) is 12.6 Å². The summed E-state index contributed by atoms with van der Waals surface area (Å²) in [6, 6.07) is 10.3. The second-order valence-electron chi connectivity index (χ2n) is 5.41. The van der Waals surface area contributed by atoms with E-state index in [1.807, 2.05) is 31.2 Å². The Morgan fingerprint density at radius 1 is 1.23 bits per heavy atom. The van der Waals surface area contributed by atoms with Crippen molar-refractivity contribution in [2.45, 2.75) is 19.8 Å². The summed E-state index contributed by atoms with van der Waals surface area (Å²) in [5.74, 6) is 1.02. The van der Waals surface area contributed by atoms with Crippen molar-refractivity contribution in [3.63, 3.8) is 0 Å². The monoisotopic (exact) mass is 359 g/mol. The molecule has 0 saturated carbocycles. The molecule has 0 aliphatic heterocycles. The summed E-state index contributed by atoms with van der Waals surface area (Å²) in [7, 11) is 0. The number of anilines is 1. The van der Waals surface area contributed by atoms with E-state index in [1.165, 1.54) is 18.3 Å². The standard InChI is InChI=1S/C18H21N3O5/c1-2-25-16-7-4-14(5-8-16)12-18(22)26-11-3-10-19-17-9-6-15(13-20-17)21(23)24/h4-9,13H,2-3,10-12H2,1H3,(H,19,20). The molecule has 1 N–H and O–H groups in total. The highest BCUT2D eigenvalue weighted by Crippen LogP contribution is 2.13. The minimum Gasteiger partial charge on any atom is -0.494 e. The lowest BCUT2D eigenvalue weighted by atomic mass is 10.1. The van der Waals surface area contributed by atoms with E-state index in [0.717, 1.165) is 11.3 Å². The summed E-state index contributed by atoms with van der Waals surface area (Å²) in [5, 5.41) is 13.6. The van der Waals surface area contributed by atoms with Gasteiger partial charge < -0.3 is 14.8 Å². The van der Waals surface area contributed by atoms with Crippen molar-refractivity contribution in [3.8, 4) is 5.75 Å². The third-order valence-corrected chi connectivity index (χ3v) is 3.43. The van der Waals surface area contributed by atoms with Crippen molar-refractivity contribution >= 4 is 17.5 Å². The molecule has 26 heavy (non-hydrogen) atoms. The molecule has 0 fully saturated rings. The van der Waals surface area contributed by atoms with Gasteiger partial charge in [-0.05, 0) is 37.1 Å². The predicted octanol–water partition coefficient (Wildman–Crippen LogP) is 2.98. The summed E-state index contributed by atoms with van der Waals surface area (Å²) >= 11 is 0. The number of aromatic nitrogens is 1. The second-order valence-corrected chi connectivity index (χ2v) is 5.41. The van der Waals surface area contributed by atoms with E-state index in [9.17, 15) is 14.9 Å². The Kier molecular flexibility index (Phi) is 7.35. The Morgan fingerprint density at radius 2 is 2.00 bits per heavy atom. The average Bonchev–Trinajstić information content (AvgIpc) is 2.63. The van der Waals surface area contributed by atoms with Gasteiger partial charge >= 0.3 is 5.97 Å². The highest BCUT2D eigenvalue weighted by atomic mass is 16.6. The minimum absolute atomic E-state index is 0.0567. The van der Waals surface area contributed by atoms with Gasteiger partial charge in [-0.25, -0.2) is 4.98 Å². The molecule has 0 aliphatic carbocycles. The van der Waals surface area contributed by atoms with Gasteiger partial charge in [0.1, 0.15) is 17.8 Å². The second kappa shape index (κ2) is 9.97. The van der Waals surface area contributed by atoms with Gasteiger partial charge in [-0.3, -0.25) is 14.9 Å². The van der Waals surface area contributed by atoms with Gasteiger partial charge in [-0.15, -0.1) is 0 Å². The summed E-state index contributed by atoms with van der Waals surface area (Å²) in [6.07, 6.45) is 2.01. The Labute approximate surface area is 151 Å². The lowest BCUT2D eigenvalue weighted by Crippen LogP contribution is -2.12. The number of carbonyl (C=O) groups excluding carboxylic acids is 1. The van der Waals surface area contributed by atoms with Crippen LogP contribution in [0.3, 0.4) is 0 Å². The van der Waals surface area contributed by atoms with Crippen molar-refractivity contribution in [1.82, 2.24) is 4.98 Å². The SMILES string of the molecule is CCOc1ccc(CC(=O)OCCCNc2ccc([N+](=O)[O-])cn2)cc1. The van der Waals surface area contributed by atoms with Crippen molar-refractivity contribution in [2.24, 2.45) is 0 Å². The summed E-state index contributed by atoms with van der Waals surface area (Å²) in [5.41, 5.74) is 0.811.